The van der Waals surface area contributed by atoms with Crippen LogP contribution in [0.25, 0.3) is 0 Å². The highest BCUT2D eigenvalue weighted by molar-refractivity contribution is 5.56. The average Bonchev–Trinajstić information content (AvgIpc) is 2.48. The van der Waals surface area contributed by atoms with Crippen molar-refractivity contribution in [1.82, 2.24) is 5.32 Å². The fourth-order valence-electron chi connectivity index (χ4n) is 2.97. The van der Waals surface area contributed by atoms with Crippen LogP contribution in [0.15, 0.2) is 24.3 Å². The Hall–Kier alpha value is -1.02. The maximum atomic E-state index is 3.66. The Bertz CT molecular complexity index is 423. The van der Waals surface area contributed by atoms with Gasteiger partial charge in [-0.25, -0.2) is 0 Å². The lowest BCUT2D eigenvalue weighted by molar-refractivity contribution is 0.415. The molecule has 1 saturated heterocycles. The lowest BCUT2D eigenvalue weighted by Gasteiger charge is -2.36. The number of hydrogen-bond donors (Lipinski definition) is 1. The molecule has 1 aromatic carbocycles. The van der Waals surface area contributed by atoms with Crippen molar-refractivity contribution >= 4 is 5.69 Å². The second kappa shape index (κ2) is 5.54. The van der Waals surface area contributed by atoms with Crippen molar-refractivity contribution in [1.29, 1.82) is 0 Å². The van der Waals surface area contributed by atoms with Crippen molar-refractivity contribution in [3.05, 3.63) is 29.8 Å². The van der Waals surface area contributed by atoms with Gasteiger partial charge in [0.2, 0.25) is 0 Å². The van der Waals surface area contributed by atoms with Crippen LogP contribution in [0.4, 0.5) is 5.69 Å². The summed E-state index contributed by atoms with van der Waals surface area (Å²) in [6.45, 7) is 13.7. The van der Waals surface area contributed by atoms with Gasteiger partial charge < -0.3 is 10.2 Å². The van der Waals surface area contributed by atoms with Gasteiger partial charge in [-0.3, -0.25) is 0 Å². The van der Waals surface area contributed by atoms with Crippen LogP contribution in [0.1, 0.15) is 52.5 Å². The van der Waals surface area contributed by atoms with Crippen LogP contribution in [0, 0.1) is 0 Å². The second-order valence-corrected chi connectivity index (χ2v) is 6.79. The highest BCUT2D eigenvalue weighted by Gasteiger charge is 2.29. The number of anilines is 1. The number of nitrogens with one attached hydrogen (secondary N) is 1. The van der Waals surface area contributed by atoms with E-state index < -0.39 is 0 Å². The van der Waals surface area contributed by atoms with Crippen molar-refractivity contribution in [2.45, 2.75) is 58.5 Å². The molecule has 1 fully saturated rings. The molecule has 1 heterocycles. The van der Waals surface area contributed by atoms with Gasteiger partial charge in [-0.15, -0.1) is 0 Å². The van der Waals surface area contributed by atoms with Crippen LogP contribution < -0.4 is 10.2 Å². The molecule has 1 N–H and O–H groups in total. The Morgan fingerprint density at radius 1 is 1.26 bits per heavy atom. The third-order valence-electron chi connectivity index (χ3n) is 4.13. The standard InChI is InChI=1S/C17H28N2/c1-13(2)15-8-6-7-9-16(15)19-12-17(4,5)18-11-10-14(19)3/h6-9,13-14,18H,10-12H2,1-5H3. The van der Waals surface area contributed by atoms with Gasteiger partial charge in [0, 0.05) is 23.8 Å². The van der Waals surface area contributed by atoms with E-state index in [1.54, 1.807) is 0 Å². The summed E-state index contributed by atoms with van der Waals surface area (Å²) in [7, 11) is 0. The fraction of sp³-hybridized carbons (Fsp3) is 0.647. The van der Waals surface area contributed by atoms with Crippen molar-refractivity contribution in [3.8, 4) is 0 Å². The third kappa shape index (κ3) is 3.30. The molecular weight excluding hydrogens is 232 g/mol. The Morgan fingerprint density at radius 2 is 1.95 bits per heavy atom. The van der Waals surface area contributed by atoms with E-state index in [0.29, 0.717) is 12.0 Å². The molecule has 2 nitrogen and oxygen atoms in total. The van der Waals surface area contributed by atoms with Crippen molar-refractivity contribution in [3.63, 3.8) is 0 Å². The molecule has 0 spiro atoms. The maximum Gasteiger partial charge on any atom is 0.0404 e. The summed E-state index contributed by atoms with van der Waals surface area (Å²) in [4.78, 5) is 2.59. The predicted octanol–water partition coefficient (Wildman–Crippen LogP) is 3.78. The zero-order valence-corrected chi connectivity index (χ0v) is 13.0. The first kappa shape index (κ1) is 14.4. The Morgan fingerprint density at radius 3 is 2.63 bits per heavy atom. The summed E-state index contributed by atoms with van der Waals surface area (Å²) in [5.41, 5.74) is 3.06. The Kier molecular flexibility index (Phi) is 4.19. The van der Waals surface area contributed by atoms with E-state index in [-0.39, 0.29) is 5.54 Å². The number of rotatable bonds is 2. The summed E-state index contributed by atoms with van der Waals surface area (Å²) in [5, 5.41) is 3.66. The second-order valence-electron chi connectivity index (χ2n) is 6.79. The Labute approximate surface area is 118 Å². The lowest BCUT2D eigenvalue weighted by atomic mass is 9.98. The van der Waals surface area contributed by atoms with Gasteiger partial charge in [-0.2, -0.15) is 0 Å². The minimum Gasteiger partial charge on any atom is -0.367 e. The first-order valence-corrected chi connectivity index (χ1v) is 7.51. The monoisotopic (exact) mass is 260 g/mol. The molecule has 0 saturated carbocycles. The van der Waals surface area contributed by atoms with Gasteiger partial charge in [0.25, 0.3) is 0 Å². The van der Waals surface area contributed by atoms with Gasteiger partial charge in [-0.1, -0.05) is 32.0 Å². The van der Waals surface area contributed by atoms with Crippen LogP contribution in [0.5, 0.6) is 0 Å². The zero-order valence-electron chi connectivity index (χ0n) is 13.0. The van der Waals surface area contributed by atoms with Crippen LogP contribution in [0.2, 0.25) is 0 Å². The van der Waals surface area contributed by atoms with Gasteiger partial charge in [0.05, 0.1) is 0 Å². The third-order valence-corrected chi connectivity index (χ3v) is 4.13. The van der Waals surface area contributed by atoms with E-state index in [0.717, 1.165) is 13.1 Å². The molecule has 1 aliphatic rings. The van der Waals surface area contributed by atoms with Crippen molar-refractivity contribution < 1.29 is 0 Å². The normalized spacial score (nSPS) is 23.5. The van der Waals surface area contributed by atoms with E-state index in [2.05, 4.69) is 69.1 Å². The minimum atomic E-state index is 0.175. The van der Waals surface area contributed by atoms with Gasteiger partial charge in [-0.05, 0) is 51.3 Å². The molecule has 0 radical (unpaired) electrons. The van der Waals surface area contributed by atoms with Crippen LogP contribution in [-0.4, -0.2) is 24.7 Å². The average molecular weight is 260 g/mol. The first-order chi connectivity index (χ1) is 8.91. The molecule has 2 heteroatoms. The smallest absolute Gasteiger partial charge is 0.0404 e. The van der Waals surface area contributed by atoms with Gasteiger partial charge >= 0.3 is 0 Å². The number of para-hydroxylation sites is 1. The Balaban J connectivity index is 2.37. The summed E-state index contributed by atoms with van der Waals surface area (Å²) in [6, 6.07) is 9.48. The van der Waals surface area contributed by atoms with Crippen LogP contribution in [0.3, 0.4) is 0 Å². The number of benzene rings is 1. The predicted molar refractivity (Wildman–Crippen MR) is 84.0 cm³/mol. The van der Waals surface area contributed by atoms with Crippen molar-refractivity contribution in [2.24, 2.45) is 0 Å². The van der Waals surface area contributed by atoms with Crippen LogP contribution >= 0.6 is 0 Å². The molecule has 0 amide bonds. The number of nitrogens with zero attached hydrogens (tertiary/aromatic N) is 1. The summed E-state index contributed by atoms with van der Waals surface area (Å²) < 4.78 is 0. The topological polar surface area (TPSA) is 15.3 Å². The van der Waals surface area contributed by atoms with E-state index in [9.17, 15) is 0 Å². The zero-order chi connectivity index (χ0) is 14.0. The summed E-state index contributed by atoms with van der Waals surface area (Å²) >= 11 is 0. The molecular formula is C17H28N2. The van der Waals surface area contributed by atoms with E-state index in [1.165, 1.54) is 17.7 Å². The minimum absolute atomic E-state index is 0.175. The molecule has 0 aliphatic carbocycles. The first-order valence-electron chi connectivity index (χ1n) is 7.51. The van der Waals surface area contributed by atoms with Crippen LogP contribution in [-0.2, 0) is 0 Å². The molecule has 1 aliphatic heterocycles. The van der Waals surface area contributed by atoms with Gasteiger partial charge in [0.15, 0.2) is 0 Å². The molecule has 1 atom stereocenters. The SMILES string of the molecule is CC(C)c1ccccc1N1CC(C)(C)NCCC1C. The van der Waals surface area contributed by atoms with Gasteiger partial charge in [0.1, 0.15) is 0 Å². The summed E-state index contributed by atoms with van der Waals surface area (Å²) in [5.74, 6) is 0.572. The fourth-order valence-corrected chi connectivity index (χ4v) is 2.97. The van der Waals surface area contributed by atoms with E-state index in [1.807, 2.05) is 0 Å². The maximum absolute atomic E-state index is 3.66. The molecule has 19 heavy (non-hydrogen) atoms. The molecule has 0 bridgehead atoms. The van der Waals surface area contributed by atoms with Crippen molar-refractivity contribution in [2.75, 3.05) is 18.0 Å². The quantitative estimate of drug-likeness (QED) is 0.870. The molecule has 1 unspecified atom stereocenters. The highest BCUT2D eigenvalue weighted by Crippen LogP contribution is 2.31. The molecule has 106 valence electrons. The largest absolute Gasteiger partial charge is 0.367 e. The molecule has 2 rings (SSSR count). The molecule has 1 aromatic rings. The highest BCUT2D eigenvalue weighted by atomic mass is 15.2. The van der Waals surface area contributed by atoms with E-state index >= 15 is 0 Å². The molecule has 0 aromatic heterocycles. The summed E-state index contributed by atoms with van der Waals surface area (Å²) in [6.07, 6.45) is 1.20. The number of hydrogen-bond acceptors (Lipinski definition) is 2. The van der Waals surface area contributed by atoms with E-state index in [4.69, 9.17) is 0 Å². The lowest BCUT2D eigenvalue weighted by Crippen LogP contribution is -2.47.